The fourth-order valence-corrected chi connectivity index (χ4v) is 5.92. The summed E-state index contributed by atoms with van der Waals surface area (Å²) in [5, 5.41) is 3.33. The first-order chi connectivity index (χ1) is 18.1. The molecule has 200 valence electrons. The van der Waals surface area contributed by atoms with Gasteiger partial charge in [0.1, 0.15) is 23.2 Å². The van der Waals surface area contributed by atoms with Crippen molar-refractivity contribution in [2.45, 2.75) is 44.0 Å². The molecule has 1 aliphatic heterocycles. The molecular weight excluding hydrogens is 514 g/mol. The van der Waals surface area contributed by atoms with Gasteiger partial charge in [-0.05, 0) is 48.7 Å². The second-order valence-electron chi connectivity index (χ2n) is 9.69. The van der Waals surface area contributed by atoms with E-state index in [9.17, 15) is 22.0 Å². The van der Waals surface area contributed by atoms with E-state index in [2.05, 4.69) is 20.0 Å². The lowest BCUT2D eigenvalue weighted by molar-refractivity contribution is -0.120. The first-order valence-electron chi connectivity index (χ1n) is 12.3. The van der Waals surface area contributed by atoms with Crippen molar-refractivity contribution in [3.05, 3.63) is 71.4 Å². The van der Waals surface area contributed by atoms with Crippen LogP contribution in [0.1, 0.15) is 36.8 Å². The molecule has 0 bridgehead atoms. The van der Waals surface area contributed by atoms with Gasteiger partial charge in [-0.25, -0.2) is 22.2 Å². The molecule has 0 radical (unpaired) electrons. The summed E-state index contributed by atoms with van der Waals surface area (Å²) in [6, 6.07) is 9.60. The van der Waals surface area contributed by atoms with Crippen LogP contribution in [-0.4, -0.2) is 43.9 Å². The summed E-state index contributed by atoms with van der Waals surface area (Å²) in [7, 11) is -2.02. The first kappa shape index (κ1) is 25.8. The maximum absolute atomic E-state index is 14.9. The molecule has 1 fully saturated rings. The molecule has 3 aromatic rings. The predicted octanol–water partition coefficient (Wildman–Crippen LogP) is 4.03. The predicted molar refractivity (Wildman–Crippen MR) is 141 cm³/mol. The van der Waals surface area contributed by atoms with Gasteiger partial charge < -0.3 is 15.1 Å². The lowest BCUT2D eigenvalue weighted by atomic mass is 9.94. The zero-order chi connectivity index (χ0) is 26.9. The van der Waals surface area contributed by atoms with Crippen LogP contribution in [0, 0.1) is 11.6 Å². The van der Waals surface area contributed by atoms with Crippen molar-refractivity contribution < 1.29 is 22.0 Å². The largest absolute Gasteiger partial charge is 0.351 e. The number of halogens is 2. The van der Waals surface area contributed by atoms with E-state index in [-0.39, 0.29) is 11.7 Å². The molecule has 12 heteroatoms. The number of sulfonamides is 1. The average molecular weight is 543 g/mol. The highest BCUT2D eigenvalue weighted by atomic mass is 32.2. The summed E-state index contributed by atoms with van der Waals surface area (Å²) in [6.07, 6.45) is 4.43. The fourth-order valence-electron chi connectivity index (χ4n) is 4.71. The van der Waals surface area contributed by atoms with E-state index in [4.69, 9.17) is 0 Å². The highest BCUT2D eigenvalue weighted by Crippen LogP contribution is 2.31. The second kappa shape index (κ2) is 10.5. The number of benzene rings is 2. The standard InChI is InChI=1S/C26H28F2N6O3S/c1-33-16-34(14-18-13-29-26(31-25(18)33)30-20-6-9-22(35)10-7-20)21-8-11-24(23(28)12-21)32-38(36,37)15-17-2-4-19(27)5-3-17/h2-5,8,11-13,20,32H,6-7,9-10,14-16H2,1H3,(H,29,30,31). The maximum Gasteiger partial charge on any atom is 0.237 e. The Morgan fingerprint density at radius 3 is 2.53 bits per heavy atom. The molecule has 2 aliphatic rings. The van der Waals surface area contributed by atoms with Crippen molar-refractivity contribution in [1.82, 2.24) is 9.97 Å². The Labute approximate surface area is 219 Å². The smallest absolute Gasteiger partial charge is 0.237 e. The third kappa shape index (κ3) is 6.01. The molecule has 0 saturated heterocycles. The van der Waals surface area contributed by atoms with Gasteiger partial charge in [-0.1, -0.05) is 12.1 Å². The van der Waals surface area contributed by atoms with Crippen molar-refractivity contribution in [2.75, 3.05) is 33.6 Å². The molecule has 2 heterocycles. The summed E-state index contributed by atoms with van der Waals surface area (Å²) in [5.74, 6) is 0.0100. The number of fused-ring (bicyclic) bond motifs is 1. The van der Waals surface area contributed by atoms with Gasteiger partial charge in [-0.15, -0.1) is 0 Å². The molecule has 5 rings (SSSR count). The third-order valence-electron chi connectivity index (χ3n) is 6.68. The van der Waals surface area contributed by atoms with Crippen LogP contribution in [0.15, 0.2) is 48.7 Å². The third-order valence-corrected chi connectivity index (χ3v) is 7.92. The van der Waals surface area contributed by atoms with E-state index < -0.39 is 27.4 Å². The monoisotopic (exact) mass is 542 g/mol. The Balaban J connectivity index is 1.25. The quantitative estimate of drug-likeness (QED) is 0.461. The van der Waals surface area contributed by atoms with Crippen LogP contribution in [0.2, 0.25) is 0 Å². The molecule has 9 nitrogen and oxygen atoms in total. The lowest BCUT2D eigenvalue weighted by Crippen LogP contribution is -2.41. The van der Waals surface area contributed by atoms with E-state index in [0.717, 1.165) is 24.2 Å². The molecule has 38 heavy (non-hydrogen) atoms. The van der Waals surface area contributed by atoms with Gasteiger partial charge in [0.05, 0.1) is 18.1 Å². The number of Topliss-reactive ketones (excluding diaryl/α,β-unsaturated/α-hetero) is 1. The number of aromatic nitrogens is 2. The van der Waals surface area contributed by atoms with Crippen molar-refractivity contribution in [3.63, 3.8) is 0 Å². The van der Waals surface area contributed by atoms with Crippen LogP contribution in [0.25, 0.3) is 0 Å². The van der Waals surface area contributed by atoms with Gasteiger partial charge in [-0.2, -0.15) is 4.98 Å². The number of rotatable bonds is 7. The number of hydrogen-bond acceptors (Lipinski definition) is 8. The summed E-state index contributed by atoms with van der Waals surface area (Å²) >= 11 is 0. The SMILES string of the molecule is CN1CN(c2ccc(NS(=O)(=O)Cc3ccc(F)cc3)c(F)c2)Cc2cnc(NC3CCC(=O)CC3)nc21. The zero-order valence-electron chi connectivity index (χ0n) is 20.8. The van der Waals surface area contributed by atoms with Crippen LogP contribution in [0.5, 0.6) is 0 Å². The Morgan fingerprint density at radius 2 is 1.82 bits per heavy atom. The van der Waals surface area contributed by atoms with Gasteiger partial charge in [0.15, 0.2) is 0 Å². The van der Waals surface area contributed by atoms with Gasteiger partial charge in [0.2, 0.25) is 16.0 Å². The maximum atomic E-state index is 14.9. The van der Waals surface area contributed by atoms with Crippen molar-refractivity contribution in [1.29, 1.82) is 0 Å². The zero-order valence-corrected chi connectivity index (χ0v) is 21.6. The number of hydrogen-bond donors (Lipinski definition) is 2. The van der Waals surface area contributed by atoms with Gasteiger partial charge in [0, 0.05) is 49.9 Å². The highest BCUT2D eigenvalue weighted by molar-refractivity contribution is 7.91. The van der Waals surface area contributed by atoms with Crippen LogP contribution in [0.4, 0.5) is 31.9 Å². The average Bonchev–Trinajstić information content (AvgIpc) is 2.88. The van der Waals surface area contributed by atoms with Crippen LogP contribution in [-0.2, 0) is 27.1 Å². The van der Waals surface area contributed by atoms with Crippen LogP contribution >= 0.6 is 0 Å². The molecule has 1 aliphatic carbocycles. The highest BCUT2D eigenvalue weighted by Gasteiger charge is 2.25. The van der Waals surface area contributed by atoms with E-state index in [1.807, 2.05) is 16.8 Å². The molecule has 2 N–H and O–H groups in total. The van der Waals surface area contributed by atoms with E-state index in [1.165, 1.54) is 36.4 Å². The van der Waals surface area contributed by atoms with Gasteiger partial charge in [0.25, 0.3) is 0 Å². The number of carbonyl (C=O) groups excluding carboxylic acids is 1. The number of carbonyl (C=O) groups is 1. The Bertz CT molecular complexity index is 1440. The summed E-state index contributed by atoms with van der Waals surface area (Å²) < 4.78 is 55.4. The number of ketones is 1. The minimum absolute atomic E-state index is 0.162. The van der Waals surface area contributed by atoms with Gasteiger partial charge in [-0.3, -0.25) is 9.52 Å². The molecular formula is C26H28F2N6O3S. The van der Waals surface area contributed by atoms with Crippen molar-refractivity contribution >= 4 is 38.9 Å². The molecule has 0 unspecified atom stereocenters. The summed E-state index contributed by atoms with van der Waals surface area (Å²) in [5.41, 5.74) is 1.67. The van der Waals surface area contributed by atoms with Gasteiger partial charge >= 0.3 is 0 Å². The molecule has 0 spiro atoms. The summed E-state index contributed by atoms with van der Waals surface area (Å²) in [4.78, 5) is 24.5. The van der Waals surface area contributed by atoms with Crippen molar-refractivity contribution in [3.8, 4) is 0 Å². The number of nitrogens with zero attached hydrogens (tertiary/aromatic N) is 4. The normalized spacial score (nSPS) is 16.3. The van der Waals surface area contributed by atoms with E-state index in [1.54, 1.807) is 12.3 Å². The molecule has 0 amide bonds. The minimum atomic E-state index is -3.90. The summed E-state index contributed by atoms with van der Waals surface area (Å²) in [6.45, 7) is 0.892. The van der Waals surface area contributed by atoms with E-state index in [0.29, 0.717) is 49.0 Å². The number of anilines is 4. The molecule has 1 saturated carbocycles. The lowest BCUT2D eigenvalue weighted by Gasteiger charge is -2.36. The van der Waals surface area contributed by atoms with Crippen molar-refractivity contribution in [2.24, 2.45) is 0 Å². The molecule has 2 aromatic carbocycles. The minimum Gasteiger partial charge on any atom is -0.351 e. The Kier molecular flexibility index (Phi) is 7.15. The van der Waals surface area contributed by atoms with Crippen LogP contribution in [0.3, 0.4) is 0 Å². The first-order valence-corrected chi connectivity index (χ1v) is 14.0. The molecule has 1 aromatic heterocycles. The Hall–Kier alpha value is -3.80. The van der Waals surface area contributed by atoms with E-state index >= 15 is 0 Å². The molecule has 0 atom stereocenters. The number of nitrogens with one attached hydrogen (secondary N) is 2. The topological polar surface area (TPSA) is 108 Å². The Morgan fingerprint density at radius 1 is 1.08 bits per heavy atom. The second-order valence-corrected chi connectivity index (χ2v) is 11.4. The fraction of sp³-hybridized carbons (Fsp3) is 0.346. The van der Waals surface area contributed by atoms with Crippen LogP contribution < -0.4 is 19.8 Å².